The lowest BCUT2D eigenvalue weighted by molar-refractivity contribution is 0.0748. The van der Waals surface area contributed by atoms with E-state index < -0.39 is 10.0 Å². The Bertz CT molecular complexity index is 1270. The minimum atomic E-state index is -3.90. The summed E-state index contributed by atoms with van der Waals surface area (Å²) in [6.45, 7) is 3.74. The molecule has 10 heteroatoms. The Balaban J connectivity index is 1.48. The van der Waals surface area contributed by atoms with Crippen LogP contribution in [0.3, 0.4) is 0 Å². The molecule has 32 heavy (non-hydrogen) atoms. The maximum Gasteiger partial charge on any atom is 0.265 e. The van der Waals surface area contributed by atoms with Crippen molar-refractivity contribution < 1.29 is 13.2 Å². The lowest BCUT2D eigenvalue weighted by Crippen LogP contribution is -2.49. The minimum Gasteiger partial charge on any atom is -0.352 e. The zero-order chi connectivity index (χ0) is 22.7. The second kappa shape index (κ2) is 8.98. The van der Waals surface area contributed by atoms with Crippen molar-refractivity contribution in [3.8, 4) is 6.07 Å². The largest absolute Gasteiger partial charge is 0.352 e. The van der Waals surface area contributed by atoms with E-state index in [2.05, 4.69) is 15.8 Å². The molecule has 0 atom stereocenters. The van der Waals surface area contributed by atoms with Crippen molar-refractivity contribution in [2.45, 2.75) is 11.8 Å². The molecule has 0 aliphatic carbocycles. The molecule has 164 valence electrons. The third kappa shape index (κ3) is 4.44. The number of benzene rings is 1. The SMILES string of the molecule is Cc1ccc(NS(=O)(=O)c2ccsc2C(=O)N2CCN(c3ncccc3C#N)CC2)cc1. The van der Waals surface area contributed by atoms with Crippen molar-refractivity contribution >= 4 is 38.8 Å². The number of carbonyl (C=O) groups excluding carboxylic acids is 1. The molecule has 1 aromatic carbocycles. The van der Waals surface area contributed by atoms with E-state index in [1.807, 2.05) is 24.0 Å². The zero-order valence-electron chi connectivity index (χ0n) is 17.4. The Morgan fingerprint density at radius 3 is 2.53 bits per heavy atom. The van der Waals surface area contributed by atoms with Gasteiger partial charge < -0.3 is 9.80 Å². The van der Waals surface area contributed by atoms with Gasteiger partial charge in [-0.05, 0) is 42.6 Å². The molecule has 8 nitrogen and oxygen atoms in total. The van der Waals surface area contributed by atoms with Gasteiger partial charge in [-0.3, -0.25) is 9.52 Å². The van der Waals surface area contributed by atoms with Crippen molar-refractivity contribution in [2.24, 2.45) is 0 Å². The predicted molar refractivity (Wildman–Crippen MR) is 123 cm³/mol. The first-order valence-corrected chi connectivity index (χ1v) is 12.3. The van der Waals surface area contributed by atoms with Gasteiger partial charge in [0.05, 0.1) is 5.56 Å². The van der Waals surface area contributed by atoms with Crippen molar-refractivity contribution in [2.75, 3.05) is 35.8 Å². The van der Waals surface area contributed by atoms with E-state index in [0.29, 0.717) is 43.2 Å². The summed E-state index contributed by atoms with van der Waals surface area (Å²) in [4.78, 5) is 21.2. The summed E-state index contributed by atoms with van der Waals surface area (Å²) >= 11 is 1.12. The van der Waals surface area contributed by atoms with Crippen LogP contribution in [0.25, 0.3) is 0 Å². The van der Waals surface area contributed by atoms with Crippen molar-refractivity contribution in [3.05, 3.63) is 70.0 Å². The van der Waals surface area contributed by atoms with Crippen LogP contribution in [-0.4, -0.2) is 50.4 Å². The third-order valence-electron chi connectivity index (χ3n) is 5.19. The topological polar surface area (TPSA) is 106 Å². The lowest BCUT2D eigenvalue weighted by atomic mass is 10.2. The minimum absolute atomic E-state index is 0.0213. The first kappa shape index (κ1) is 21.8. The number of pyridine rings is 1. The molecular weight excluding hydrogens is 446 g/mol. The van der Waals surface area contributed by atoms with E-state index in [1.54, 1.807) is 40.7 Å². The van der Waals surface area contributed by atoms with Gasteiger partial charge in [0, 0.05) is 38.1 Å². The van der Waals surface area contributed by atoms with Crippen LogP contribution in [0.1, 0.15) is 20.8 Å². The average Bonchev–Trinajstić information content (AvgIpc) is 3.31. The molecule has 1 N–H and O–H groups in total. The Morgan fingerprint density at radius 2 is 1.84 bits per heavy atom. The fourth-order valence-corrected chi connectivity index (χ4v) is 5.95. The number of hydrogen-bond acceptors (Lipinski definition) is 7. The molecule has 1 aliphatic rings. The molecule has 1 aliphatic heterocycles. The average molecular weight is 468 g/mol. The van der Waals surface area contributed by atoms with E-state index in [0.717, 1.165) is 16.9 Å². The smallest absolute Gasteiger partial charge is 0.265 e. The molecule has 1 amide bonds. The summed E-state index contributed by atoms with van der Waals surface area (Å²) in [5.41, 5.74) is 1.95. The first-order chi connectivity index (χ1) is 15.4. The summed E-state index contributed by atoms with van der Waals surface area (Å²) in [5, 5.41) is 10.9. The number of thiophene rings is 1. The van der Waals surface area contributed by atoms with Gasteiger partial charge in [0.25, 0.3) is 15.9 Å². The number of nitrogens with one attached hydrogen (secondary N) is 1. The van der Waals surface area contributed by atoms with Crippen LogP contribution in [0.2, 0.25) is 0 Å². The summed E-state index contributed by atoms with van der Waals surface area (Å²) in [5.74, 6) is 0.286. The summed E-state index contributed by atoms with van der Waals surface area (Å²) in [7, 11) is -3.90. The Labute approximate surface area is 190 Å². The summed E-state index contributed by atoms with van der Waals surface area (Å²) in [6.07, 6.45) is 1.64. The van der Waals surface area contributed by atoms with Gasteiger partial charge in [0.15, 0.2) is 0 Å². The standard InChI is InChI=1S/C22H21N5O3S2/c1-16-4-6-18(7-5-16)25-32(29,30)19-8-14-31-20(19)22(28)27-12-10-26(11-13-27)21-17(15-23)3-2-9-24-21/h2-9,14,25H,10-13H2,1H3. The first-order valence-electron chi connectivity index (χ1n) is 9.95. The Morgan fingerprint density at radius 1 is 1.12 bits per heavy atom. The van der Waals surface area contributed by atoms with Crippen LogP contribution in [0.5, 0.6) is 0 Å². The number of hydrogen-bond donors (Lipinski definition) is 1. The van der Waals surface area contributed by atoms with E-state index in [9.17, 15) is 18.5 Å². The quantitative estimate of drug-likeness (QED) is 0.618. The molecule has 2 aromatic heterocycles. The second-order valence-corrected chi connectivity index (χ2v) is 9.92. The summed E-state index contributed by atoms with van der Waals surface area (Å²) in [6, 6.07) is 14.0. The number of aryl methyl sites for hydroxylation is 1. The number of anilines is 2. The van der Waals surface area contributed by atoms with E-state index >= 15 is 0 Å². The van der Waals surface area contributed by atoms with Crippen molar-refractivity contribution in [1.82, 2.24) is 9.88 Å². The Hall–Kier alpha value is -3.42. The molecule has 0 radical (unpaired) electrons. The molecule has 0 spiro atoms. The van der Waals surface area contributed by atoms with Crippen LogP contribution in [0, 0.1) is 18.3 Å². The zero-order valence-corrected chi connectivity index (χ0v) is 19.0. The molecule has 3 heterocycles. The molecule has 1 saturated heterocycles. The maximum atomic E-state index is 13.1. The fraction of sp³-hybridized carbons (Fsp3) is 0.227. The number of sulfonamides is 1. The number of nitriles is 1. The number of amides is 1. The monoisotopic (exact) mass is 467 g/mol. The van der Waals surface area contributed by atoms with Crippen LogP contribution in [0.15, 0.2) is 58.9 Å². The molecule has 0 saturated carbocycles. The number of nitrogens with zero attached hydrogens (tertiary/aromatic N) is 4. The predicted octanol–water partition coefficient (Wildman–Crippen LogP) is 3.09. The highest BCUT2D eigenvalue weighted by Crippen LogP contribution is 2.27. The van der Waals surface area contributed by atoms with Gasteiger partial charge in [-0.15, -0.1) is 11.3 Å². The van der Waals surface area contributed by atoms with Gasteiger partial charge in [0.1, 0.15) is 21.7 Å². The van der Waals surface area contributed by atoms with Gasteiger partial charge in [-0.2, -0.15) is 5.26 Å². The van der Waals surface area contributed by atoms with Crippen molar-refractivity contribution in [1.29, 1.82) is 5.26 Å². The van der Waals surface area contributed by atoms with Gasteiger partial charge >= 0.3 is 0 Å². The molecule has 0 bridgehead atoms. The molecular formula is C22H21N5O3S2. The lowest BCUT2D eigenvalue weighted by Gasteiger charge is -2.35. The van der Waals surface area contributed by atoms with Crippen LogP contribution >= 0.6 is 11.3 Å². The molecule has 1 fully saturated rings. The van der Waals surface area contributed by atoms with Crippen molar-refractivity contribution in [3.63, 3.8) is 0 Å². The summed E-state index contributed by atoms with van der Waals surface area (Å²) < 4.78 is 28.4. The highest BCUT2D eigenvalue weighted by molar-refractivity contribution is 7.93. The molecule has 4 rings (SSSR count). The van der Waals surface area contributed by atoms with E-state index in [-0.39, 0.29) is 15.7 Å². The third-order valence-corrected chi connectivity index (χ3v) is 7.65. The van der Waals surface area contributed by atoms with Gasteiger partial charge in [0.2, 0.25) is 0 Å². The highest BCUT2D eigenvalue weighted by Gasteiger charge is 2.30. The number of carbonyl (C=O) groups is 1. The van der Waals surface area contributed by atoms with E-state index in [1.165, 1.54) is 6.07 Å². The van der Waals surface area contributed by atoms with Crippen LogP contribution in [-0.2, 0) is 10.0 Å². The highest BCUT2D eigenvalue weighted by atomic mass is 32.2. The molecule has 3 aromatic rings. The number of aromatic nitrogens is 1. The Kier molecular flexibility index (Phi) is 6.12. The molecule has 0 unspecified atom stereocenters. The maximum absolute atomic E-state index is 13.1. The number of piperazine rings is 1. The number of rotatable bonds is 5. The normalized spacial score (nSPS) is 14.1. The van der Waals surface area contributed by atoms with Crippen LogP contribution in [0.4, 0.5) is 11.5 Å². The van der Waals surface area contributed by atoms with Gasteiger partial charge in [-0.1, -0.05) is 17.7 Å². The van der Waals surface area contributed by atoms with Gasteiger partial charge in [-0.25, -0.2) is 13.4 Å². The second-order valence-electron chi connectivity index (χ2n) is 7.35. The fourth-order valence-electron chi connectivity index (χ4n) is 3.50. The van der Waals surface area contributed by atoms with E-state index in [4.69, 9.17) is 0 Å². The van der Waals surface area contributed by atoms with Crippen LogP contribution < -0.4 is 9.62 Å².